The van der Waals surface area contributed by atoms with E-state index in [1.165, 1.54) is 0 Å². The summed E-state index contributed by atoms with van der Waals surface area (Å²) in [7, 11) is 0. The molecule has 0 aliphatic carbocycles. The summed E-state index contributed by atoms with van der Waals surface area (Å²) in [5.74, 6) is -0.764. The number of rotatable bonds is 14. The fourth-order valence-electron chi connectivity index (χ4n) is 3.45. The summed E-state index contributed by atoms with van der Waals surface area (Å²) in [4.78, 5) is 33.4. The Bertz CT molecular complexity index is 1080. The van der Waals surface area contributed by atoms with Crippen molar-refractivity contribution in [3.05, 3.63) is 72.1 Å². The SMILES string of the molecule is CCOC(=O)C(CNC(=O)CCCCc1ccc2cccnc2n1)NC(O)OCc1ccccc1. The van der Waals surface area contributed by atoms with Crippen LogP contribution in [-0.4, -0.2) is 52.6 Å². The molecule has 2 aromatic heterocycles. The number of benzene rings is 1. The van der Waals surface area contributed by atoms with Gasteiger partial charge in [0.1, 0.15) is 6.04 Å². The first-order chi connectivity index (χ1) is 17.0. The van der Waals surface area contributed by atoms with Crippen LogP contribution in [0, 0.1) is 0 Å². The number of nitrogens with one attached hydrogen (secondary N) is 2. The Hall–Kier alpha value is -3.40. The lowest BCUT2D eigenvalue weighted by atomic mass is 10.1. The molecule has 0 aliphatic rings. The van der Waals surface area contributed by atoms with Crippen molar-refractivity contribution >= 4 is 22.9 Å². The Labute approximate surface area is 204 Å². The number of ether oxygens (including phenoxy) is 2. The number of hydrogen-bond donors (Lipinski definition) is 3. The third-order valence-corrected chi connectivity index (χ3v) is 5.28. The van der Waals surface area contributed by atoms with Gasteiger partial charge in [0.15, 0.2) is 5.65 Å². The Morgan fingerprint density at radius 1 is 1.06 bits per heavy atom. The normalized spacial score (nSPS) is 12.7. The number of esters is 1. The van der Waals surface area contributed by atoms with Crippen LogP contribution >= 0.6 is 0 Å². The number of aliphatic hydroxyl groups excluding tert-OH is 1. The molecule has 1 amide bonds. The predicted octanol–water partition coefficient (Wildman–Crippen LogP) is 2.47. The summed E-state index contributed by atoms with van der Waals surface area (Å²) in [6.07, 6.45) is 2.85. The van der Waals surface area contributed by atoms with Crippen molar-refractivity contribution in [2.75, 3.05) is 13.2 Å². The number of amides is 1. The van der Waals surface area contributed by atoms with E-state index in [0.717, 1.165) is 35.1 Å². The van der Waals surface area contributed by atoms with Crippen molar-refractivity contribution in [2.45, 2.75) is 51.7 Å². The molecule has 2 unspecified atom stereocenters. The van der Waals surface area contributed by atoms with Crippen molar-refractivity contribution in [1.82, 2.24) is 20.6 Å². The fraction of sp³-hybridized carbons (Fsp3) is 0.385. The highest BCUT2D eigenvalue weighted by Gasteiger charge is 2.23. The Kier molecular flexibility index (Phi) is 10.6. The van der Waals surface area contributed by atoms with Gasteiger partial charge < -0.3 is 19.9 Å². The molecule has 3 aromatic rings. The lowest BCUT2D eigenvalue weighted by Gasteiger charge is -2.21. The van der Waals surface area contributed by atoms with Gasteiger partial charge >= 0.3 is 5.97 Å². The second-order valence-electron chi connectivity index (χ2n) is 7.98. The van der Waals surface area contributed by atoms with Crippen LogP contribution in [0.4, 0.5) is 0 Å². The fourth-order valence-corrected chi connectivity index (χ4v) is 3.45. The van der Waals surface area contributed by atoms with E-state index in [4.69, 9.17) is 9.47 Å². The zero-order valence-electron chi connectivity index (χ0n) is 19.9. The second-order valence-corrected chi connectivity index (χ2v) is 7.98. The zero-order chi connectivity index (χ0) is 24.9. The van der Waals surface area contributed by atoms with E-state index < -0.39 is 18.4 Å². The predicted molar refractivity (Wildman–Crippen MR) is 131 cm³/mol. The van der Waals surface area contributed by atoms with Gasteiger partial charge in [-0.1, -0.05) is 30.3 Å². The Balaban J connectivity index is 1.39. The average molecular weight is 481 g/mol. The van der Waals surface area contributed by atoms with Gasteiger partial charge in [-0.3, -0.25) is 14.9 Å². The van der Waals surface area contributed by atoms with E-state index in [1.54, 1.807) is 13.1 Å². The molecule has 0 saturated heterocycles. The highest BCUT2D eigenvalue weighted by Crippen LogP contribution is 2.11. The van der Waals surface area contributed by atoms with E-state index in [0.29, 0.717) is 12.8 Å². The third-order valence-electron chi connectivity index (χ3n) is 5.28. The van der Waals surface area contributed by atoms with Gasteiger partial charge in [0, 0.05) is 30.2 Å². The van der Waals surface area contributed by atoms with E-state index in [1.807, 2.05) is 54.6 Å². The summed E-state index contributed by atoms with van der Waals surface area (Å²) in [6.45, 7) is 2.01. The number of carbonyl (C=O) groups excluding carboxylic acids is 2. The first-order valence-corrected chi connectivity index (χ1v) is 11.8. The standard InChI is InChI=1S/C26H32N4O5/c1-2-34-25(32)22(30-26(33)35-18-19-9-4-3-5-10-19)17-28-23(31)13-7-6-12-21-15-14-20-11-8-16-27-24(20)29-21/h3-5,8-11,14-16,22,26,30,33H,2,6-7,12-13,17-18H2,1H3,(H,28,31). The summed E-state index contributed by atoms with van der Waals surface area (Å²) >= 11 is 0. The summed E-state index contributed by atoms with van der Waals surface area (Å²) in [5.41, 5.74) is 2.53. The maximum absolute atomic E-state index is 12.3. The molecule has 2 heterocycles. The molecule has 9 heteroatoms. The van der Waals surface area contributed by atoms with Crippen LogP contribution < -0.4 is 10.6 Å². The van der Waals surface area contributed by atoms with Crippen LogP contribution in [0.15, 0.2) is 60.8 Å². The van der Waals surface area contributed by atoms with Crippen molar-refractivity contribution < 1.29 is 24.2 Å². The largest absolute Gasteiger partial charge is 0.465 e. The molecule has 0 radical (unpaired) electrons. The third kappa shape index (κ3) is 9.05. The van der Waals surface area contributed by atoms with E-state index in [2.05, 4.69) is 20.6 Å². The summed E-state index contributed by atoms with van der Waals surface area (Å²) < 4.78 is 10.4. The molecule has 0 saturated carbocycles. The number of nitrogens with zero attached hydrogens (tertiary/aromatic N) is 2. The molecular weight excluding hydrogens is 448 g/mol. The van der Waals surface area contributed by atoms with Crippen molar-refractivity contribution in [3.63, 3.8) is 0 Å². The monoisotopic (exact) mass is 480 g/mol. The number of aryl methyl sites for hydroxylation is 1. The van der Waals surface area contributed by atoms with Crippen LogP contribution in [0.25, 0.3) is 11.0 Å². The maximum Gasteiger partial charge on any atom is 0.325 e. The zero-order valence-corrected chi connectivity index (χ0v) is 19.9. The smallest absolute Gasteiger partial charge is 0.325 e. The molecular formula is C26H32N4O5. The van der Waals surface area contributed by atoms with Crippen molar-refractivity contribution in [2.24, 2.45) is 0 Å². The van der Waals surface area contributed by atoms with Crippen LogP contribution in [0.1, 0.15) is 37.4 Å². The molecule has 0 bridgehead atoms. The molecule has 35 heavy (non-hydrogen) atoms. The number of carbonyl (C=O) groups is 2. The van der Waals surface area contributed by atoms with Gasteiger partial charge in [0.25, 0.3) is 0 Å². The summed E-state index contributed by atoms with van der Waals surface area (Å²) in [5, 5.41) is 16.5. The van der Waals surface area contributed by atoms with Crippen LogP contribution in [0.2, 0.25) is 0 Å². The van der Waals surface area contributed by atoms with E-state index >= 15 is 0 Å². The highest BCUT2D eigenvalue weighted by atomic mass is 16.6. The minimum absolute atomic E-state index is 0.0265. The van der Waals surface area contributed by atoms with Gasteiger partial charge in [-0.2, -0.15) is 0 Å². The summed E-state index contributed by atoms with van der Waals surface area (Å²) in [6, 6.07) is 16.2. The first-order valence-electron chi connectivity index (χ1n) is 11.8. The number of hydrogen-bond acceptors (Lipinski definition) is 8. The molecule has 0 aliphatic heterocycles. The molecule has 0 fully saturated rings. The van der Waals surface area contributed by atoms with Crippen molar-refractivity contribution in [3.8, 4) is 0 Å². The van der Waals surface area contributed by atoms with Crippen LogP contribution in [0.3, 0.4) is 0 Å². The minimum Gasteiger partial charge on any atom is -0.465 e. The Morgan fingerprint density at radius 2 is 1.89 bits per heavy atom. The Morgan fingerprint density at radius 3 is 2.69 bits per heavy atom. The number of aliphatic hydroxyl groups is 1. The van der Waals surface area contributed by atoms with E-state index in [9.17, 15) is 14.7 Å². The van der Waals surface area contributed by atoms with Gasteiger partial charge in [0.05, 0.1) is 13.2 Å². The quantitative estimate of drug-likeness (QED) is 0.183. The molecule has 9 nitrogen and oxygen atoms in total. The van der Waals surface area contributed by atoms with Crippen molar-refractivity contribution in [1.29, 1.82) is 0 Å². The first kappa shape index (κ1) is 26.2. The van der Waals surface area contributed by atoms with Crippen LogP contribution in [-0.2, 0) is 32.1 Å². The van der Waals surface area contributed by atoms with Gasteiger partial charge in [-0.25, -0.2) is 9.97 Å². The number of pyridine rings is 2. The molecule has 3 rings (SSSR count). The lowest BCUT2D eigenvalue weighted by molar-refractivity contribution is -0.159. The number of unbranched alkanes of at least 4 members (excludes halogenated alkanes) is 1. The average Bonchev–Trinajstić information content (AvgIpc) is 2.88. The van der Waals surface area contributed by atoms with Gasteiger partial charge in [-0.05, 0) is 56.0 Å². The molecule has 2 atom stereocenters. The maximum atomic E-state index is 12.3. The minimum atomic E-state index is -1.40. The van der Waals surface area contributed by atoms with Gasteiger partial charge in [-0.15, -0.1) is 0 Å². The topological polar surface area (TPSA) is 123 Å². The number of aromatic nitrogens is 2. The molecule has 3 N–H and O–H groups in total. The molecule has 1 aromatic carbocycles. The molecule has 186 valence electrons. The lowest BCUT2D eigenvalue weighted by Crippen LogP contribution is -2.51. The molecule has 0 spiro atoms. The van der Waals surface area contributed by atoms with E-state index in [-0.39, 0.29) is 25.7 Å². The number of fused-ring (bicyclic) bond motifs is 1. The second kappa shape index (κ2) is 14.1. The van der Waals surface area contributed by atoms with Gasteiger partial charge in [0.2, 0.25) is 12.3 Å². The highest BCUT2D eigenvalue weighted by molar-refractivity contribution is 5.79. The van der Waals surface area contributed by atoms with Crippen LogP contribution in [0.5, 0.6) is 0 Å².